The van der Waals surface area contributed by atoms with Crippen LogP contribution in [0.5, 0.6) is 0 Å². The summed E-state index contributed by atoms with van der Waals surface area (Å²) in [6, 6.07) is 5.49. The third-order valence-corrected chi connectivity index (χ3v) is 8.52. The zero-order valence-electron chi connectivity index (χ0n) is 20.1. The van der Waals surface area contributed by atoms with E-state index in [0.717, 1.165) is 24.1 Å². The lowest BCUT2D eigenvalue weighted by atomic mass is 9.66. The van der Waals surface area contributed by atoms with Crippen molar-refractivity contribution in [1.29, 1.82) is 0 Å². The first kappa shape index (κ1) is 23.2. The van der Waals surface area contributed by atoms with Gasteiger partial charge in [0.25, 0.3) is 0 Å². The third-order valence-electron chi connectivity index (χ3n) is 8.52. The number of benzene rings is 1. The summed E-state index contributed by atoms with van der Waals surface area (Å²) < 4.78 is 34.0. The molecule has 1 N–H and O–H groups in total. The monoisotopic (exact) mass is 492 g/mol. The number of ether oxygens (including phenoxy) is 1. The van der Waals surface area contributed by atoms with Crippen molar-refractivity contribution in [2.45, 2.75) is 56.5 Å². The Labute approximate surface area is 207 Å². The van der Waals surface area contributed by atoms with Crippen molar-refractivity contribution in [3.63, 3.8) is 0 Å². The molecule has 2 atom stereocenters. The summed E-state index contributed by atoms with van der Waals surface area (Å²) in [6.45, 7) is 4.74. The van der Waals surface area contributed by atoms with Gasteiger partial charge in [0.05, 0.1) is 47.5 Å². The highest BCUT2D eigenvalue weighted by atomic mass is 19.1. The number of halogens is 2. The van der Waals surface area contributed by atoms with Crippen molar-refractivity contribution in [3.05, 3.63) is 70.9 Å². The Morgan fingerprint density at radius 2 is 1.92 bits per heavy atom. The summed E-state index contributed by atoms with van der Waals surface area (Å²) in [4.78, 5) is 22.0. The van der Waals surface area contributed by atoms with Crippen LogP contribution in [0.25, 0.3) is 11.3 Å². The summed E-state index contributed by atoms with van der Waals surface area (Å²) in [6.07, 6.45) is 5.18. The predicted molar refractivity (Wildman–Crippen MR) is 125 cm³/mol. The number of nitrogens with zero attached hydrogens (tertiary/aromatic N) is 4. The molecule has 1 saturated carbocycles. The van der Waals surface area contributed by atoms with E-state index in [1.165, 1.54) is 24.4 Å². The van der Waals surface area contributed by atoms with E-state index in [-0.39, 0.29) is 53.7 Å². The maximum atomic E-state index is 14.5. The number of aromatic nitrogens is 4. The van der Waals surface area contributed by atoms with Gasteiger partial charge in [-0.2, -0.15) is 5.10 Å². The first-order valence-corrected chi connectivity index (χ1v) is 12.1. The molecule has 9 heteroatoms. The van der Waals surface area contributed by atoms with Gasteiger partial charge in [0, 0.05) is 12.6 Å². The molecule has 36 heavy (non-hydrogen) atoms. The summed E-state index contributed by atoms with van der Waals surface area (Å²) >= 11 is 0. The van der Waals surface area contributed by atoms with Crippen LogP contribution < -0.4 is 0 Å². The molecule has 0 unspecified atom stereocenters. The van der Waals surface area contributed by atoms with E-state index < -0.39 is 22.7 Å². The second-order valence-corrected chi connectivity index (χ2v) is 10.8. The standard InChI is InChI=1S/C27H26F2N4O3/c1-25(2)16-6-9-27(25,22-12-30-11-20(31-22)21(34)7-8-26(35)13-36-14-26)24-15(16)10-19(32-33-24)23-17(28)4-3-5-18(23)29/h3-5,10-12,16,35H,6-9,13-14H2,1-2H3/t16-,27-/m0/s1. The molecule has 0 amide bonds. The Hall–Kier alpha value is -3.17. The number of ketones is 1. The number of fused-ring (bicyclic) bond motifs is 5. The maximum absolute atomic E-state index is 14.5. The first-order chi connectivity index (χ1) is 17.2. The molecule has 0 radical (unpaired) electrons. The van der Waals surface area contributed by atoms with E-state index in [4.69, 9.17) is 9.72 Å². The fourth-order valence-electron chi connectivity index (χ4n) is 6.42. The Balaban J connectivity index is 1.39. The van der Waals surface area contributed by atoms with Gasteiger partial charge in [0.2, 0.25) is 0 Å². The fraction of sp³-hybridized carbons (Fsp3) is 0.444. The topological polar surface area (TPSA) is 98.1 Å². The zero-order chi connectivity index (χ0) is 25.3. The molecule has 186 valence electrons. The maximum Gasteiger partial charge on any atom is 0.182 e. The van der Waals surface area contributed by atoms with E-state index in [2.05, 4.69) is 29.0 Å². The zero-order valence-corrected chi connectivity index (χ0v) is 20.1. The van der Waals surface area contributed by atoms with E-state index in [1.807, 2.05) is 0 Å². The molecule has 3 aromatic rings. The average molecular weight is 493 g/mol. The van der Waals surface area contributed by atoms with Gasteiger partial charge in [-0.1, -0.05) is 19.9 Å². The van der Waals surface area contributed by atoms with Gasteiger partial charge >= 0.3 is 0 Å². The number of aliphatic hydroxyl groups is 1. The molecule has 0 spiro atoms. The van der Waals surface area contributed by atoms with Gasteiger partial charge in [-0.15, -0.1) is 5.10 Å². The highest BCUT2D eigenvalue weighted by molar-refractivity contribution is 5.94. The molecule has 2 fully saturated rings. The van der Waals surface area contributed by atoms with Crippen LogP contribution in [0.2, 0.25) is 0 Å². The Morgan fingerprint density at radius 3 is 2.61 bits per heavy atom. The Morgan fingerprint density at radius 1 is 1.17 bits per heavy atom. The van der Waals surface area contributed by atoms with Crippen LogP contribution >= 0.6 is 0 Å². The Bertz CT molecular complexity index is 1370. The summed E-state index contributed by atoms with van der Waals surface area (Å²) in [5.74, 6) is -1.47. The summed E-state index contributed by atoms with van der Waals surface area (Å²) in [5, 5.41) is 19.0. The average Bonchev–Trinajstić information content (AvgIpc) is 3.22. The molecular weight excluding hydrogens is 466 g/mol. The number of Topliss-reactive ketones (excluding diaryl/α,β-unsaturated/α-hetero) is 1. The second kappa shape index (κ2) is 7.91. The first-order valence-electron chi connectivity index (χ1n) is 12.1. The van der Waals surface area contributed by atoms with Crippen molar-refractivity contribution >= 4 is 5.78 Å². The molecule has 1 aromatic carbocycles. The van der Waals surface area contributed by atoms with Gasteiger partial charge in [-0.05, 0) is 54.4 Å². The molecule has 2 bridgehead atoms. The van der Waals surface area contributed by atoms with Crippen molar-refractivity contribution in [2.24, 2.45) is 5.41 Å². The van der Waals surface area contributed by atoms with Crippen molar-refractivity contribution < 1.29 is 23.4 Å². The second-order valence-electron chi connectivity index (χ2n) is 10.8. The minimum Gasteiger partial charge on any atom is -0.385 e. The highest BCUT2D eigenvalue weighted by Gasteiger charge is 2.65. The van der Waals surface area contributed by atoms with E-state index in [9.17, 15) is 18.7 Å². The highest BCUT2D eigenvalue weighted by Crippen LogP contribution is 2.69. The van der Waals surface area contributed by atoms with E-state index in [1.54, 1.807) is 12.3 Å². The van der Waals surface area contributed by atoms with Crippen LogP contribution in [0.1, 0.15) is 72.9 Å². The van der Waals surface area contributed by atoms with Gasteiger partial charge in [-0.3, -0.25) is 9.78 Å². The SMILES string of the molecule is CC1(C)[C@H]2CC[C@]1(c1cncc(C(=O)CCC3(O)COC3)n1)c1nnc(-c3c(F)cccc3F)cc12. The third kappa shape index (κ3) is 3.18. The smallest absolute Gasteiger partial charge is 0.182 e. The van der Waals surface area contributed by atoms with Gasteiger partial charge in [0.15, 0.2) is 5.78 Å². The van der Waals surface area contributed by atoms with Crippen LogP contribution in [0.15, 0.2) is 36.7 Å². The lowest BCUT2D eigenvalue weighted by molar-refractivity contribution is -0.180. The number of carbonyl (C=O) groups excluding carboxylic acids is 1. The minimum atomic E-state index is -0.949. The van der Waals surface area contributed by atoms with Crippen LogP contribution in [-0.2, 0) is 10.2 Å². The Kier molecular flexibility index (Phi) is 5.11. The van der Waals surface area contributed by atoms with Crippen LogP contribution in [0.3, 0.4) is 0 Å². The van der Waals surface area contributed by atoms with Crippen LogP contribution in [0.4, 0.5) is 8.78 Å². The van der Waals surface area contributed by atoms with Crippen molar-refractivity contribution in [1.82, 2.24) is 20.2 Å². The van der Waals surface area contributed by atoms with Gasteiger partial charge in [-0.25, -0.2) is 13.8 Å². The van der Waals surface area contributed by atoms with Crippen LogP contribution in [0, 0.1) is 17.0 Å². The molecule has 2 aromatic heterocycles. The normalized spacial score (nSPS) is 24.9. The lowest BCUT2D eigenvalue weighted by Crippen LogP contribution is -2.49. The lowest BCUT2D eigenvalue weighted by Gasteiger charge is -2.37. The molecule has 6 rings (SSSR count). The molecule has 1 saturated heterocycles. The summed E-state index contributed by atoms with van der Waals surface area (Å²) in [5.41, 5.74) is 0.592. The number of hydrogen-bond donors (Lipinski definition) is 1. The van der Waals surface area contributed by atoms with E-state index >= 15 is 0 Å². The molecule has 2 aliphatic carbocycles. The van der Waals surface area contributed by atoms with Crippen molar-refractivity contribution in [2.75, 3.05) is 13.2 Å². The fourth-order valence-corrected chi connectivity index (χ4v) is 6.42. The number of carbonyl (C=O) groups is 1. The predicted octanol–water partition coefficient (Wildman–Crippen LogP) is 4.14. The van der Waals surface area contributed by atoms with Crippen LogP contribution in [-0.4, -0.2) is 49.9 Å². The number of rotatable bonds is 6. The van der Waals surface area contributed by atoms with Crippen molar-refractivity contribution in [3.8, 4) is 11.3 Å². The largest absolute Gasteiger partial charge is 0.385 e. The molecule has 1 aliphatic heterocycles. The van der Waals surface area contributed by atoms with E-state index in [0.29, 0.717) is 12.1 Å². The molecule has 3 aliphatic rings. The summed E-state index contributed by atoms with van der Waals surface area (Å²) in [7, 11) is 0. The van der Waals surface area contributed by atoms with Gasteiger partial charge in [0.1, 0.15) is 22.9 Å². The molecule has 7 nitrogen and oxygen atoms in total. The molecular formula is C27H26F2N4O3. The molecule has 3 heterocycles. The van der Waals surface area contributed by atoms with Gasteiger partial charge < -0.3 is 9.84 Å². The number of hydrogen-bond acceptors (Lipinski definition) is 7. The quantitative estimate of drug-likeness (QED) is 0.517. The minimum absolute atomic E-state index is 0.0885.